The average molecular weight is 347 g/mol. The van der Waals surface area contributed by atoms with Gasteiger partial charge in [-0.05, 0) is 49.3 Å². The molecular weight excluding hydrogens is 318 g/mol. The van der Waals surface area contributed by atoms with Crippen LogP contribution in [0, 0.1) is 5.92 Å². The summed E-state index contributed by atoms with van der Waals surface area (Å²) in [6.45, 7) is 3.34. The summed E-state index contributed by atoms with van der Waals surface area (Å²) in [5.41, 5.74) is 1.73. The Balaban J connectivity index is 1.57. The average Bonchev–Trinajstić information content (AvgIpc) is 3.47. The van der Waals surface area contributed by atoms with E-state index in [0.29, 0.717) is 5.56 Å². The second-order valence-corrected chi connectivity index (χ2v) is 6.24. The Morgan fingerprint density at radius 1 is 1.20 bits per heavy atom. The number of methoxy groups -OCH3 is 1. The topological polar surface area (TPSA) is 72.0 Å². The van der Waals surface area contributed by atoms with Crippen LogP contribution in [0.2, 0.25) is 0 Å². The van der Waals surface area contributed by atoms with Crippen LogP contribution in [0.15, 0.2) is 29.3 Å². The van der Waals surface area contributed by atoms with Gasteiger partial charge in [-0.15, -0.1) is 0 Å². The van der Waals surface area contributed by atoms with Crippen molar-refractivity contribution >= 4 is 11.9 Å². The standard InChI is InChI=1S/C19H29N3O3/c1-20-19(21-11-3-13-25-14-16-4-5-16)22-12-10-15-6-8-17(9-7-15)18(23)24-2/h6-9,16H,3-5,10-14H2,1-2H3,(H2,20,21,22). The zero-order valence-corrected chi connectivity index (χ0v) is 15.2. The predicted octanol–water partition coefficient (Wildman–Crippen LogP) is 2.00. The Morgan fingerprint density at radius 2 is 1.92 bits per heavy atom. The molecular formula is C19H29N3O3. The fourth-order valence-electron chi connectivity index (χ4n) is 2.39. The zero-order chi connectivity index (χ0) is 17.9. The van der Waals surface area contributed by atoms with Crippen LogP contribution in [0.5, 0.6) is 0 Å². The molecule has 0 unspecified atom stereocenters. The van der Waals surface area contributed by atoms with E-state index in [1.165, 1.54) is 20.0 Å². The van der Waals surface area contributed by atoms with Gasteiger partial charge in [0.15, 0.2) is 5.96 Å². The van der Waals surface area contributed by atoms with E-state index >= 15 is 0 Å². The maximum atomic E-state index is 11.4. The first kappa shape index (κ1) is 19.2. The molecule has 1 aliphatic carbocycles. The van der Waals surface area contributed by atoms with Crippen molar-refractivity contribution in [2.45, 2.75) is 25.7 Å². The molecule has 0 saturated heterocycles. The highest BCUT2D eigenvalue weighted by atomic mass is 16.5. The minimum absolute atomic E-state index is 0.310. The Bertz CT molecular complexity index is 554. The Labute approximate surface area is 150 Å². The molecule has 2 N–H and O–H groups in total. The molecule has 1 aromatic carbocycles. The number of nitrogens with one attached hydrogen (secondary N) is 2. The molecule has 6 heteroatoms. The number of guanidine groups is 1. The Morgan fingerprint density at radius 3 is 2.56 bits per heavy atom. The van der Waals surface area contributed by atoms with E-state index in [-0.39, 0.29) is 5.97 Å². The molecule has 1 aromatic rings. The van der Waals surface area contributed by atoms with Gasteiger partial charge in [0.05, 0.1) is 12.7 Å². The minimum atomic E-state index is -0.310. The van der Waals surface area contributed by atoms with E-state index in [1.807, 2.05) is 12.1 Å². The molecule has 138 valence electrons. The first-order chi connectivity index (χ1) is 12.2. The van der Waals surface area contributed by atoms with Crippen LogP contribution < -0.4 is 10.6 Å². The van der Waals surface area contributed by atoms with E-state index in [0.717, 1.165) is 56.6 Å². The molecule has 1 aliphatic rings. The second-order valence-electron chi connectivity index (χ2n) is 6.24. The first-order valence-corrected chi connectivity index (χ1v) is 8.92. The number of nitrogens with zero attached hydrogens (tertiary/aromatic N) is 1. The number of carbonyl (C=O) groups is 1. The molecule has 25 heavy (non-hydrogen) atoms. The van der Waals surface area contributed by atoms with Crippen molar-refractivity contribution in [2.75, 3.05) is 40.5 Å². The molecule has 1 saturated carbocycles. The fourth-order valence-corrected chi connectivity index (χ4v) is 2.39. The van der Waals surface area contributed by atoms with Crippen LogP contribution in [0.3, 0.4) is 0 Å². The third-order valence-electron chi connectivity index (χ3n) is 4.11. The van der Waals surface area contributed by atoms with Crippen LogP contribution in [0.1, 0.15) is 35.2 Å². The fraction of sp³-hybridized carbons (Fsp3) is 0.579. The number of benzene rings is 1. The molecule has 0 bridgehead atoms. The number of ether oxygens (including phenoxy) is 2. The molecule has 2 rings (SSSR count). The predicted molar refractivity (Wildman–Crippen MR) is 99.0 cm³/mol. The van der Waals surface area contributed by atoms with Gasteiger partial charge < -0.3 is 20.1 Å². The maximum absolute atomic E-state index is 11.4. The van der Waals surface area contributed by atoms with E-state index < -0.39 is 0 Å². The number of aliphatic imine (C=N–C) groups is 1. The van der Waals surface area contributed by atoms with Crippen molar-refractivity contribution in [2.24, 2.45) is 10.9 Å². The normalized spacial score (nSPS) is 14.2. The highest BCUT2D eigenvalue weighted by Crippen LogP contribution is 2.28. The quantitative estimate of drug-likeness (QED) is 0.293. The molecule has 1 fully saturated rings. The van der Waals surface area contributed by atoms with Crippen molar-refractivity contribution < 1.29 is 14.3 Å². The third-order valence-corrected chi connectivity index (χ3v) is 4.11. The molecule has 0 amide bonds. The van der Waals surface area contributed by atoms with Crippen LogP contribution in [-0.4, -0.2) is 52.4 Å². The van der Waals surface area contributed by atoms with Gasteiger partial charge in [-0.25, -0.2) is 4.79 Å². The van der Waals surface area contributed by atoms with Gasteiger partial charge in [0.1, 0.15) is 0 Å². The zero-order valence-electron chi connectivity index (χ0n) is 15.2. The molecule has 0 spiro atoms. The van der Waals surface area contributed by atoms with E-state index in [1.54, 1.807) is 19.2 Å². The summed E-state index contributed by atoms with van der Waals surface area (Å²) in [5.74, 6) is 1.31. The summed E-state index contributed by atoms with van der Waals surface area (Å²) in [6, 6.07) is 7.47. The highest BCUT2D eigenvalue weighted by Gasteiger charge is 2.20. The van der Waals surface area contributed by atoms with E-state index in [4.69, 9.17) is 9.47 Å². The molecule has 6 nitrogen and oxygen atoms in total. The van der Waals surface area contributed by atoms with Gasteiger partial charge >= 0.3 is 5.97 Å². The molecule has 0 heterocycles. The molecule has 0 radical (unpaired) electrons. The number of hydrogen-bond acceptors (Lipinski definition) is 4. The van der Waals surface area contributed by atoms with Crippen molar-refractivity contribution in [1.82, 2.24) is 10.6 Å². The smallest absolute Gasteiger partial charge is 0.337 e. The lowest BCUT2D eigenvalue weighted by atomic mass is 10.1. The highest BCUT2D eigenvalue weighted by molar-refractivity contribution is 5.89. The van der Waals surface area contributed by atoms with Crippen LogP contribution in [0.25, 0.3) is 0 Å². The lowest BCUT2D eigenvalue weighted by Gasteiger charge is -2.12. The Kier molecular flexibility index (Phi) is 8.25. The van der Waals surface area contributed by atoms with Crippen molar-refractivity contribution in [3.63, 3.8) is 0 Å². The second kappa shape index (κ2) is 10.7. The van der Waals surface area contributed by atoms with E-state index in [2.05, 4.69) is 15.6 Å². The van der Waals surface area contributed by atoms with Crippen molar-refractivity contribution in [3.05, 3.63) is 35.4 Å². The van der Waals surface area contributed by atoms with E-state index in [9.17, 15) is 4.79 Å². The van der Waals surface area contributed by atoms with Crippen LogP contribution in [0.4, 0.5) is 0 Å². The summed E-state index contributed by atoms with van der Waals surface area (Å²) in [4.78, 5) is 15.6. The van der Waals surface area contributed by atoms with Crippen molar-refractivity contribution in [3.8, 4) is 0 Å². The number of esters is 1. The summed E-state index contributed by atoms with van der Waals surface area (Å²) in [5, 5.41) is 6.58. The van der Waals surface area contributed by atoms with Crippen LogP contribution in [-0.2, 0) is 15.9 Å². The summed E-state index contributed by atoms with van der Waals surface area (Å²) >= 11 is 0. The van der Waals surface area contributed by atoms with Gasteiger partial charge in [-0.3, -0.25) is 4.99 Å². The van der Waals surface area contributed by atoms with Gasteiger partial charge in [0, 0.05) is 33.4 Å². The third kappa shape index (κ3) is 7.56. The largest absolute Gasteiger partial charge is 0.465 e. The minimum Gasteiger partial charge on any atom is -0.465 e. The maximum Gasteiger partial charge on any atom is 0.337 e. The number of carbonyl (C=O) groups excluding carboxylic acids is 1. The summed E-state index contributed by atoms with van der Waals surface area (Å²) in [7, 11) is 3.15. The van der Waals surface area contributed by atoms with Gasteiger partial charge in [-0.1, -0.05) is 12.1 Å². The summed E-state index contributed by atoms with van der Waals surface area (Å²) < 4.78 is 10.3. The van der Waals surface area contributed by atoms with Gasteiger partial charge in [0.2, 0.25) is 0 Å². The molecule has 0 atom stereocenters. The van der Waals surface area contributed by atoms with Crippen LogP contribution >= 0.6 is 0 Å². The lowest BCUT2D eigenvalue weighted by Crippen LogP contribution is -2.39. The summed E-state index contributed by atoms with van der Waals surface area (Å²) in [6.07, 6.45) is 4.50. The van der Waals surface area contributed by atoms with Gasteiger partial charge in [0.25, 0.3) is 0 Å². The van der Waals surface area contributed by atoms with Crippen molar-refractivity contribution in [1.29, 1.82) is 0 Å². The first-order valence-electron chi connectivity index (χ1n) is 8.92. The number of hydrogen-bond donors (Lipinski definition) is 2. The van der Waals surface area contributed by atoms with Gasteiger partial charge in [-0.2, -0.15) is 0 Å². The number of rotatable bonds is 10. The lowest BCUT2D eigenvalue weighted by molar-refractivity contribution is 0.0600. The monoisotopic (exact) mass is 347 g/mol. The molecule has 0 aliphatic heterocycles. The SMILES string of the molecule is CN=C(NCCCOCC1CC1)NCCc1ccc(C(=O)OC)cc1. The Hall–Kier alpha value is -2.08. The molecule has 0 aromatic heterocycles.